The summed E-state index contributed by atoms with van der Waals surface area (Å²) in [6, 6.07) is -0.361. The summed E-state index contributed by atoms with van der Waals surface area (Å²) in [5, 5.41) is 0. The molecular weight excluding hydrogens is 228 g/mol. The van der Waals surface area contributed by atoms with Crippen molar-refractivity contribution in [1.29, 1.82) is 0 Å². The zero-order chi connectivity index (χ0) is 12.2. The fourth-order valence-corrected chi connectivity index (χ4v) is 2.82. The van der Waals surface area contributed by atoms with Crippen LogP contribution in [0.25, 0.3) is 0 Å². The Labute approximate surface area is 96.3 Å². The first-order valence-electron chi connectivity index (χ1n) is 5.28. The quantitative estimate of drug-likeness (QED) is 0.773. The molecule has 0 radical (unpaired) electrons. The van der Waals surface area contributed by atoms with Gasteiger partial charge < -0.3 is 4.98 Å². The van der Waals surface area contributed by atoms with Gasteiger partial charge in [-0.1, -0.05) is 13.8 Å². The second-order valence-corrected chi connectivity index (χ2v) is 5.11. The molecule has 0 aliphatic carbocycles. The number of H-pyrrole nitrogens is 1. The number of nitrogens with one attached hydrogen (secondary N) is 2. The summed E-state index contributed by atoms with van der Waals surface area (Å²) in [5.74, 6) is 0.607. The third-order valence-electron chi connectivity index (χ3n) is 2.30. The number of rotatable bonds is 6. The lowest BCUT2D eigenvalue weighted by molar-refractivity contribution is 0.427. The molecule has 0 amide bonds. The molecule has 0 fully saturated rings. The molecule has 0 aromatic carbocycles. The van der Waals surface area contributed by atoms with Crippen LogP contribution in [-0.2, 0) is 10.2 Å². The van der Waals surface area contributed by atoms with Gasteiger partial charge in [0, 0.05) is 25.5 Å². The lowest BCUT2D eigenvalue weighted by Gasteiger charge is -2.21. The maximum Gasteiger partial charge on any atom is 0.280 e. The van der Waals surface area contributed by atoms with Crippen LogP contribution in [0.5, 0.6) is 0 Å². The van der Waals surface area contributed by atoms with Crippen molar-refractivity contribution in [2.75, 3.05) is 13.1 Å². The average molecular weight is 246 g/mol. The Morgan fingerprint density at radius 3 is 2.56 bits per heavy atom. The molecule has 7 heteroatoms. The molecule has 1 unspecified atom stereocenters. The molecule has 1 rings (SSSR count). The molecule has 0 saturated carbocycles. The van der Waals surface area contributed by atoms with E-state index in [4.69, 9.17) is 0 Å². The van der Waals surface area contributed by atoms with Crippen LogP contribution < -0.4 is 4.72 Å². The molecule has 0 spiro atoms. The van der Waals surface area contributed by atoms with Gasteiger partial charge in [-0.3, -0.25) is 0 Å². The average Bonchev–Trinajstić information content (AvgIpc) is 2.70. The van der Waals surface area contributed by atoms with Gasteiger partial charge in [-0.05, 0) is 6.92 Å². The van der Waals surface area contributed by atoms with Gasteiger partial charge in [0.1, 0.15) is 5.82 Å². The fraction of sp³-hybridized carbons (Fsp3) is 0.667. The molecule has 1 aromatic rings. The van der Waals surface area contributed by atoms with E-state index in [1.165, 1.54) is 4.31 Å². The molecule has 92 valence electrons. The Morgan fingerprint density at radius 2 is 2.12 bits per heavy atom. The molecular formula is C9H18N4O2S. The van der Waals surface area contributed by atoms with E-state index >= 15 is 0 Å². The summed E-state index contributed by atoms with van der Waals surface area (Å²) in [6.07, 6.45) is 3.26. The highest BCUT2D eigenvalue weighted by Crippen LogP contribution is 2.09. The van der Waals surface area contributed by atoms with Crippen molar-refractivity contribution in [3.63, 3.8) is 0 Å². The molecule has 1 heterocycles. The van der Waals surface area contributed by atoms with Crippen molar-refractivity contribution in [2.24, 2.45) is 0 Å². The van der Waals surface area contributed by atoms with Crippen molar-refractivity contribution >= 4 is 10.2 Å². The second kappa shape index (κ2) is 5.42. The van der Waals surface area contributed by atoms with Crippen molar-refractivity contribution < 1.29 is 8.42 Å². The van der Waals surface area contributed by atoms with Crippen LogP contribution in [0, 0.1) is 0 Å². The van der Waals surface area contributed by atoms with Crippen LogP contribution in [-0.4, -0.2) is 35.8 Å². The first kappa shape index (κ1) is 13.1. The summed E-state index contributed by atoms with van der Waals surface area (Å²) in [4.78, 5) is 6.89. The molecule has 1 aromatic heterocycles. The Morgan fingerprint density at radius 1 is 1.50 bits per heavy atom. The van der Waals surface area contributed by atoms with Crippen LogP contribution in [0.4, 0.5) is 0 Å². The number of hydrogen-bond donors (Lipinski definition) is 2. The van der Waals surface area contributed by atoms with E-state index in [1.807, 2.05) is 0 Å². The van der Waals surface area contributed by atoms with Gasteiger partial charge >= 0.3 is 0 Å². The number of imidazole rings is 1. The van der Waals surface area contributed by atoms with E-state index in [1.54, 1.807) is 33.2 Å². The third kappa shape index (κ3) is 3.03. The molecule has 0 aliphatic rings. The molecule has 0 aliphatic heterocycles. The minimum absolute atomic E-state index is 0.361. The summed E-state index contributed by atoms with van der Waals surface area (Å²) < 4.78 is 27.7. The van der Waals surface area contributed by atoms with Crippen molar-refractivity contribution in [1.82, 2.24) is 19.0 Å². The summed E-state index contributed by atoms with van der Waals surface area (Å²) in [6.45, 7) is 6.27. The zero-order valence-corrected chi connectivity index (χ0v) is 10.6. The lowest BCUT2D eigenvalue weighted by Crippen LogP contribution is -2.41. The topological polar surface area (TPSA) is 78.1 Å². The monoisotopic (exact) mass is 246 g/mol. The minimum Gasteiger partial charge on any atom is -0.347 e. The van der Waals surface area contributed by atoms with Crippen LogP contribution in [0.1, 0.15) is 32.6 Å². The maximum absolute atomic E-state index is 11.9. The first-order valence-corrected chi connectivity index (χ1v) is 6.72. The number of hydrogen-bond acceptors (Lipinski definition) is 3. The standard InChI is InChI=1S/C9H18N4O2S/c1-4-13(5-2)16(14,15)12-8(3)9-10-6-7-11-9/h6-8,12H,4-5H2,1-3H3,(H,10,11). The smallest absolute Gasteiger partial charge is 0.280 e. The molecule has 0 saturated heterocycles. The molecule has 2 N–H and O–H groups in total. The number of aromatic nitrogens is 2. The van der Waals surface area contributed by atoms with Gasteiger partial charge in [0.05, 0.1) is 6.04 Å². The van der Waals surface area contributed by atoms with Gasteiger partial charge in [-0.25, -0.2) is 4.98 Å². The summed E-state index contributed by atoms with van der Waals surface area (Å²) in [5.41, 5.74) is 0. The summed E-state index contributed by atoms with van der Waals surface area (Å²) in [7, 11) is -3.42. The normalized spacial score (nSPS) is 14.2. The van der Waals surface area contributed by atoms with Crippen LogP contribution in [0.3, 0.4) is 0 Å². The SMILES string of the molecule is CCN(CC)S(=O)(=O)NC(C)c1ncc[nH]1. The van der Waals surface area contributed by atoms with E-state index in [2.05, 4.69) is 14.7 Å². The molecule has 1 atom stereocenters. The van der Waals surface area contributed by atoms with Gasteiger partial charge in [0.15, 0.2) is 0 Å². The van der Waals surface area contributed by atoms with E-state index in [0.29, 0.717) is 18.9 Å². The first-order chi connectivity index (χ1) is 7.51. The highest BCUT2D eigenvalue weighted by molar-refractivity contribution is 7.87. The fourth-order valence-electron chi connectivity index (χ4n) is 1.43. The minimum atomic E-state index is -3.42. The van der Waals surface area contributed by atoms with Gasteiger partial charge in [0.25, 0.3) is 10.2 Å². The van der Waals surface area contributed by atoms with Crippen LogP contribution in [0.15, 0.2) is 12.4 Å². The largest absolute Gasteiger partial charge is 0.347 e. The Kier molecular flexibility index (Phi) is 4.45. The predicted octanol–water partition coefficient (Wildman–Crippen LogP) is 0.647. The molecule has 16 heavy (non-hydrogen) atoms. The Balaban J connectivity index is 2.73. The lowest BCUT2D eigenvalue weighted by atomic mass is 10.3. The number of aromatic amines is 1. The third-order valence-corrected chi connectivity index (χ3v) is 4.15. The van der Waals surface area contributed by atoms with Crippen LogP contribution in [0.2, 0.25) is 0 Å². The highest BCUT2D eigenvalue weighted by atomic mass is 32.2. The van der Waals surface area contributed by atoms with E-state index in [-0.39, 0.29) is 6.04 Å². The number of nitrogens with zero attached hydrogens (tertiary/aromatic N) is 2. The summed E-state index contributed by atoms with van der Waals surface area (Å²) >= 11 is 0. The second-order valence-electron chi connectivity index (χ2n) is 3.40. The van der Waals surface area contributed by atoms with E-state index in [0.717, 1.165) is 0 Å². The van der Waals surface area contributed by atoms with E-state index in [9.17, 15) is 8.42 Å². The highest BCUT2D eigenvalue weighted by Gasteiger charge is 2.22. The van der Waals surface area contributed by atoms with Gasteiger partial charge in [-0.15, -0.1) is 0 Å². The molecule has 0 bridgehead atoms. The van der Waals surface area contributed by atoms with Gasteiger partial charge in [0.2, 0.25) is 0 Å². The van der Waals surface area contributed by atoms with Crippen LogP contribution >= 0.6 is 0 Å². The Bertz CT molecular complexity index is 397. The molecule has 6 nitrogen and oxygen atoms in total. The van der Waals surface area contributed by atoms with Gasteiger partial charge in [-0.2, -0.15) is 17.4 Å². The van der Waals surface area contributed by atoms with E-state index < -0.39 is 10.2 Å². The Hall–Kier alpha value is -0.920. The maximum atomic E-state index is 11.9. The van der Waals surface area contributed by atoms with Crippen molar-refractivity contribution in [3.8, 4) is 0 Å². The van der Waals surface area contributed by atoms with Crippen molar-refractivity contribution in [2.45, 2.75) is 26.8 Å². The van der Waals surface area contributed by atoms with Crippen molar-refractivity contribution in [3.05, 3.63) is 18.2 Å². The zero-order valence-electron chi connectivity index (χ0n) is 9.77. The predicted molar refractivity (Wildman–Crippen MR) is 62.0 cm³/mol.